The maximum atomic E-state index is 13.7. The lowest BCUT2D eigenvalue weighted by Gasteiger charge is -2.27. The van der Waals surface area contributed by atoms with E-state index in [1.165, 1.54) is 26.1 Å². The number of carbonyl (C=O) groups excluding carboxylic acids is 2. The Bertz CT molecular complexity index is 1730. The molecule has 4 aliphatic rings. The topological polar surface area (TPSA) is 119 Å². The molecule has 2 fully saturated rings. The van der Waals surface area contributed by atoms with Gasteiger partial charge in [0.1, 0.15) is 17.2 Å². The van der Waals surface area contributed by atoms with Gasteiger partial charge in [0.15, 0.2) is 0 Å². The zero-order valence-corrected chi connectivity index (χ0v) is 27.1. The SMILES string of the molecule is COc1ccc(C2CCCCC2)c2c1cc1n2C(NC(=O)OC(C)(C)C)=C2C(=C3C=CCCC31)C2C(=O)NS(=O)(=O)N(C)C. The number of nitrogens with zero attached hydrogens (tertiary/aromatic N) is 2. The smallest absolute Gasteiger partial charge is 0.413 e. The van der Waals surface area contributed by atoms with Gasteiger partial charge in [0.25, 0.3) is 0 Å². The van der Waals surface area contributed by atoms with E-state index in [0.717, 1.165) is 76.3 Å². The predicted molar refractivity (Wildman–Crippen MR) is 169 cm³/mol. The first-order valence-electron chi connectivity index (χ1n) is 15.4. The normalized spacial score (nSPS) is 21.9. The zero-order chi connectivity index (χ0) is 31.6. The van der Waals surface area contributed by atoms with Crippen LogP contribution in [0.5, 0.6) is 5.75 Å². The van der Waals surface area contributed by atoms with Crippen LogP contribution in [0.2, 0.25) is 0 Å². The van der Waals surface area contributed by atoms with Crippen LogP contribution >= 0.6 is 0 Å². The van der Waals surface area contributed by atoms with E-state index in [9.17, 15) is 18.0 Å². The second-order valence-corrected chi connectivity index (χ2v) is 15.2. The highest BCUT2D eigenvalue weighted by atomic mass is 32.2. The van der Waals surface area contributed by atoms with Crippen LogP contribution in [0.15, 0.2) is 47.1 Å². The molecule has 2 N–H and O–H groups in total. The monoisotopic (exact) mass is 622 g/mol. The number of carbonyl (C=O) groups is 2. The van der Waals surface area contributed by atoms with Crippen molar-refractivity contribution in [2.45, 2.75) is 83.2 Å². The first-order chi connectivity index (χ1) is 20.8. The number of ether oxygens (including phenoxy) is 2. The van der Waals surface area contributed by atoms with Gasteiger partial charge in [-0.3, -0.25) is 14.7 Å². The van der Waals surface area contributed by atoms with Crippen molar-refractivity contribution in [1.29, 1.82) is 0 Å². The summed E-state index contributed by atoms with van der Waals surface area (Å²) in [7, 11) is 0.376. The largest absolute Gasteiger partial charge is 0.496 e. The highest BCUT2D eigenvalue weighted by Gasteiger charge is 2.53. The molecular formula is C33H42N4O6S. The number of benzene rings is 1. The molecule has 11 heteroatoms. The number of amides is 2. The van der Waals surface area contributed by atoms with Crippen molar-refractivity contribution in [2.24, 2.45) is 5.92 Å². The van der Waals surface area contributed by atoms with E-state index >= 15 is 0 Å². The Morgan fingerprint density at radius 2 is 1.77 bits per heavy atom. The van der Waals surface area contributed by atoms with Crippen LogP contribution in [0.3, 0.4) is 0 Å². The lowest BCUT2D eigenvalue weighted by molar-refractivity contribution is -0.119. The number of rotatable bonds is 6. The summed E-state index contributed by atoms with van der Waals surface area (Å²) >= 11 is 0. The van der Waals surface area contributed by atoms with E-state index in [2.05, 4.69) is 38.9 Å². The number of hydrogen-bond donors (Lipinski definition) is 2. The van der Waals surface area contributed by atoms with Crippen molar-refractivity contribution in [1.82, 2.24) is 18.9 Å². The van der Waals surface area contributed by atoms with Gasteiger partial charge in [-0.15, -0.1) is 0 Å². The molecule has 0 spiro atoms. The summed E-state index contributed by atoms with van der Waals surface area (Å²) in [5, 5.41) is 3.98. The van der Waals surface area contributed by atoms with Gasteiger partial charge >= 0.3 is 16.3 Å². The predicted octanol–water partition coefficient (Wildman–Crippen LogP) is 5.69. The minimum atomic E-state index is -4.03. The van der Waals surface area contributed by atoms with Crippen LogP contribution in [-0.2, 0) is 19.7 Å². The van der Waals surface area contributed by atoms with Crippen molar-refractivity contribution in [3.05, 3.63) is 58.3 Å². The molecule has 1 aliphatic heterocycles. The quantitative estimate of drug-likeness (QED) is 0.428. The number of nitrogens with one attached hydrogen (secondary N) is 2. The molecule has 2 unspecified atom stereocenters. The highest BCUT2D eigenvalue weighted by molar-refractivity contribution is 7.87. The minimum absolute atomic E-state index is 0.0671. The van der Waals surface area contributed by atoms with Gasteiger partial charge in [0, 0.05) is 36.7 Å². The molecule has 1 aromatic carbocycles. The van der Waals surface area contributed by atoms with Crippen molar-refractivity contribution in [2.75, 3.05) is 21.2 Å². The van der Waals surface area contributed by atoms with Crippen LogP contribution in [0.4, 0.5) is 4.79 Å². The van der Waals surface area contributed by atoms with Gasteiger partial charge < -0.3 is 9.47 Å². The minimum Gasteiger partial charge on any atom is -0.496 e. The molecule has 0 saturated heterocycles. The fourth-order valence-corrected chi connectivity index (χ4v) is 7.63. The fraction of sp³-hybridized carbons (Fsp3) is 0.515. The van der Waals surface area contributed by atoms with Gasteiger partial charge in [-0.1, -0.05) is 37.5 Å². The van der Waals surface area contributed by atoms with E-state index in [0.29, 0.717) is 17.3 Å². The summed E-state index contributed by atoms with van der Waals surface area (Å²) in [4.78, 5) is 27.1. The third-order valence-electron chi connectivity index (χ3n) is 9.06. The van der Waals surface area contributed by atoms with Crippen LogP contribution in [0.1, 0.15) is 88.8 Å². The maximum absolute atomic E-state index is 13.7. The van der Waals surface area contributed by atoms with E-state index in [-0.39, 0.29) is 5.92 Å². The standard InChI is InChI=1S/C33H42N4O6S/c1-33(2,3)43-32(39)34-30-27-26(28(27)31(38)35-44(40,41)36(4)5)22-15-11-10-14-21(22)24-18-23-25(42-6)17-16-20(29(23)37(24)30)19-12-8-7-9-13-19/h11,15-19,21,28H,7-10,12-14H2,1-6H3,(H,34,39)(H,35,38). The molecule has 2 heterocycles. The first-order valence-corrected chi connectivity index (χ1v) is 16.9. The Kier molecular flexibility index (Phi) is 7.68. The Balaban J connectivity index is 1.62. The van der Waals surface area contributed by atoms with Crippen LogP contribution in [0, 0.1) is 5.92 Å². The van der Waals surface area contributed by atoms with Crippen molar-refractivity contribution in [3.63, 3.8) is 0 Å². The lowest BCUT2D eigenvalue weighted by atomic mass is 9.83. The van der Waals surface area contributed by atoms with Crippen LogP contribution in [-0.4, -0.2) is 56.1 Å². The highest BCUT2D eigenvalue weighted by Crippen LogP contribution is 2.58. The number of methoxy groups -OCH3 is 1. The summed E-state index contributed by atoms with van der Waals surface area (Å²) in [6, 6.07) is 6.34. The summed E-state index contributed by atoms with van der Waals surface area (Å²) in [5.74, 6) is -0.0497. The third-order valence-corrected chi connectivity index (χ3v) is 10.5. The van der Waals surface area contributed by atoms with Crippen LogP contribution < -0.4 is 14.8 Å². The van der Waals surface area contributed by atoms with Crippen LogP contribution in [0.25, 0.3) is 16.7 Å². The van der Waals surface area contributed by atoms with Crippen molar-refractivity contribution < 1.29 is 27.5 Å². The lowest BCUT2D eigenvalue weighted by Crippen LogP contribution is -2.40. The van der Waals surface area contributed by atoms with E-state index in [4.69, 9.17) is 9.47 Å². The molecule has 3 aliphatic carbocycles. The van der Waals surface area contributed by atoms with Gasteiger partial charge in [0.2, 0.25) is 5.91 Å². The average Bonchev–Trinajstić information content (AvgIpc) is 3.61. The molecule has 2 atom stereocenters. The van der Waals surface area contributed by atoms with Crippen molar-refractivity contribution in [3.8, 4) is 5.75 Å². The van der Waals surface area contributed by atoms with Gasteiger partial charge in [0.05, 0.1) is 18.5 Å². The second kappa shape index (κ2) is 11.1. The number of fused-ring (bicyclic) bond motifs is 6. The fourth-order valence-electron chi connectivity index (χ4n) is 7.08. The Morgan fingerprint density at radius 3 is 2.43 bits per heavy atom. The molecule has 2 saturated carbocycles. The summed E-state index contributed by atoms with van der Waals surface area (Å²) in [5.41, 5.74) is 4.70. The molecular weight excluding hydrogens is 580 g/mol. The van der Waals surface area contributed by atoms with Gasteiger partial charge in [-0.2, -0.15) is 12.7 Å². The summed E-state index contributed by atoms with van der Waals surface area (Å²) < 4.78 is 42.3. The van der Waals surface area contributed by atoms with E-state index in [1.807, 2.05) is 6.07 Å². The van der Waals surface area contributed by atoms with Gasteiger partial charge in [-0.05, 0) is 81.2 Å². The number of hydrogen-bond acceptors (Lipinski definition) is 6. The molecule has 1 aromatic heterocycles. The third kappa shape index (κ3) is 5.34. The maximum Gasteiger partial charge on any atom is 0.413 e. The van der Waals surface area contributed by atoms with Crippen molar-refractivity contribution >= 4 is 38.9 Å². The van der Waals surface area contributed by atoms with Gasteiger partial charge in [-0.25, -0.2) is 9.52 Å². The summed E-state index contributed by atoms with van der Waals surface area (Å²) in [6.45, 7) is 5.39. The van der Waals surface area contributed by atoms with E-state index in [1.54, 1.807) is 27.9 Å². The average molecular weight is 623 g/mol. The van der Waals surface area contributed by atoms with E-state index < -0.39 is 33.7 Å². The molecule has 0 radical (unpaired) electrons. The Morgan fingerprint density at radius 1 is 1.05 bits per heavy atom. The molecule has 6 rings (SSSR count). The Labute approximate surface area is 259 Å². The molecule has 10 nitrogen and oxygen atoms in total. The number of aromatic nitrogens is 1. The summed E-state index contributed by atoms with van der Waals surface area (Å²) in [6.07, 6.45) is 10.8. The molecule has 236 valence electrons. The Hall–Kier alpha value is -3.57. The second-order valence-electron chi connectivity index (χ2n) is 13.3. The molecule has 0 bridgehead atoms. The zero-order valence-electron chi connectivity index (χ0n) is 26.3. The number of alkyl carbamates (subject to hydrolysis) is 1. The molecule has 2 amide bonds. The molecule has 2 aromatic rings. The first kappa shape index (κ1) is 30.5. The molecule has 44 heavy (non-hydrogen) atoms. The number of allylic oxidation sites excluding steroid dienone is 3.